The van der Waals surface area contributed by atoms with E-state index in [1.54, 1.807) is 52.8 Å². The Balaban J connectivity index is 2.36. The molecule has 2 rings (SSSR count). The van der Waals surface area contributed by atoms with E-state index in [0.29, 0.717) is 18.4 Å². The summed E-state index contributed by atoms with van der Waals surface area (Å²) in [5.74, 6) is -1.55. The Morgan fingerprint density at radius 2 is 1.86 bits per heavy atom. The van der Waals surface area contributed by atoms with Crippen molar-refractivity contribution >= 4 is 23.9 Å². The van der Waals surface area contributed by atoms with E-state index in [2.05, 4.69) is 10.6 Å². The highest BCUT2D eigenvalue weighted by Gasteiger charge is 2.42. The van der Waals surface area contributed by atoms with Crippen LogP contribution in [0.4, 0.5) is 4.79 Å². The minimum absolute atomic E-state index is 0.0130. The molecule has 0 spiro atoms. The van der Waals surface area contributed by atoms with Gasteiger partial charge in [0.2, 0.25) is 11.8 Å². The van der Waals surface area contributed by atoms with E-state index < -0.39 is 41.6 Å². The number of nitrogens with zero attached hydrogens (tertiary/aromatic N) is 1. The van der Waals surface area contributed by atoms with Crippen LogP contribution in [0, 0.1) is 6.92 Å². The average Bonchev–Trinajstić information content (AvgIpc) is 2.73. The number of carbonyl (C=O) groups is 4. The van der Waals surface area contributed by atoms with Gasteiger partial charge in [0.25, 0.3) is 0 Å². The van der Waals surface area contributed by atoms with Gasteiger partial charge in [-0.1, -0.05) is 18.2 Å². The van der Waals surface area contributed by atoms with E-state index in [1.165, 1.54) is 11.8 Å². The van der Waals surface area contributed by atoms with Gasteiger partial charge in [0.05, 0.1) is 13.0 Å². The first-order chi connectivity index (χ1) is 16.9. The maximum absolute atomic E-state index is 13.7. The monoisotopic (exact) mass is 505 g/mol. The van der Waals surface area contributed by atoms with Crippen molar-refractivity contribution in [1.82, 2.24) is 15.5 Å². The van der Waals surface area contributed by atoms with Crippen LogP contribution in [0.5, 0.6) is 5.75 Å². The number of hydrogen-bond donors (Lipinski definition) is 3. The van der Waals surface area contributed by atoms with Gasteiger partial charge in [-0.2, -0.15) is 0 Å². The number of nitrogens with one attached hydrogen (secondary N) is 2. The normalized spacial score (nSPS) is 15.2. The molecule has 1 fully saturated rings. The molecule has 2 unspecified atom stereocenters. The van der Waals surface area contributed by atoms with Crippen molar-refractivity contribution in [1.29, 1.82) is 0 Å². The van der Waals surface area contributed by atoms with Crippen molar-refractivity contribution in [2.24, 2.45) is 0 Å². The lowest BCUT2D eigenvalue weighted by molar-refractivity contribution is -0.147. The molecule has 1 aliphatic carbocycles. The minimum Gasteiger partial charge on any atom is -0.507 e. The van der Waals surface area contributed by atoms with Crippen LogP contribution < -0.4 is 10.6 Å². The molecular weight excluding hydrogens is 466 g/mol. The van der Waals surface area contributed by atoms with E-state index in [0.717, 1.165) is 6.42 Å². The number of hydrogen-bond acceptors (Lipinski definition) is 7. The summed E-state index contributed by atoms with van der Waals surface area (Å²) in [4.78, 5) is 52.7. The summed E-state index contributed by atoms with van der Waals surface area (Å²) >= 11 is 0. The summed E-state index contributed by atoms with van der Waals surface area (Å²) in [6.45, 7) is 10.3. The maximum atomic E-state index is 13.7. The molecule has 0 saturated heterocycles. The van der Waals surface area contributed by atoms with Crippen LogP contribution in [-0.2, 0) is 23.9 Å². The van der Waals surface area contributed by atoms with Crippen molar-refractivity contribution in [2.45, 2.75) is 91.0 Å². The van der Waals surface area contributed by atoms with Gasteiger partial charge in [-0.3, -0.25) is 14.4 Å². The van der Waals surface area contributed by atoms with Crippen LogP contribution in [0.1, 0.15) is 77.5 Å². The van der Waals surface area contributed by atoms with Crippen molar-refractivity contribution in [3.8, 4) is 5.75 Å². The van der Waals surface area contributed by atoms with Gasteiger partial charge in [-0.25, -0.2) is 4.79 Å². The molecule has 10 heteroatoms. The summed E-state index contributed by atoms with van der Waals surface area (Å²) in [7, 11) is 0. The first-order valence-corrected chi connectivity index (χ1v) is 12.4. The highest BCUT2D eigenvalue weighted by Crippen LogP contribution is 2.37. The molecule has 200 valence electrons. The number of alkyl carbamates (subject to hydrolysis) is 1. The molecule has 3 amide bonds. The fourth-order valence-corrected chi connectivity index (χ4v) is 3.89. The molecule has 1 aliphatic rings. The Morgan fingerprint density at radius 1 is 1.19 bits per heavy atom. The van der Waals surface area contributed by atoms with E-state index in [1.807, 2.05) is 0 Å². The molecule has 2 atom stereocenters. The zero-order valence-electron chi connectivity index (χ0n) is 22.1. The topological polar surface area (TPSA) is 134 Å². The molecule has 10 nitrogen and oxygen atoms in total. The molecule has 0 bridgehead atoms. The Kier molecular flexibility index (Phi) is 10.1. The first kappa shape index (κ1) is 28.9. The second-order valence-corrected chi connectivity index (χ2v) is 9.96. The van der Waals surface area contributed by atoms with Crippen molar-refractivity contribution in [3.05, 3.63) is 29.3 Å². The number of rotatable bonds is 10. The van der Waals surface area contributed by atoms with Crippen LogP contribution in [0.15, 0.2) is 18.2 Å². The van der Waals surface area contributed by atoms with Crippen molar-refractivity contribution < 1.29 is 33.8 Å². The van der Waals surface area contributed by atoms with Gasteiger partial charge in [-0.15, -0.1) is 0 Å². The summed E-state index contributed by atoms with van der Waals surface area (Å²) in [5.41, 5.74) is 0.0842. The van der Waals surface area contributed by atoms with Gasteiger partial charge >= 0.3 is 12.1 Å². The fraction of sp³-hybridized carbons (Fsp3) is 0.615. The van der Waals surface area contributed by atoms with Crippen LogP contribution >= 0.6 is 0 Å². The van der Waals surface area contributed by atoms with Gasteiger partial charge in [0.15, 0.2) is 0 Å². The summed E-state index contributed by atoms with van der Waals surface area (Å²) in [5, 5.41) is 16.1. The van der Waals surface area contributed by atoms with Crippen molar-refractivity contribution in [3.63, 3.8) is 0 Å². The molecule has 0 aliphatic heterocycles. The second kappa shape index (κ2) is 12.6. The third kappa shape index (κ3) is 7.86. The third-order valence-electron chi connectivity index (χ3n) is 5.85. The summed E-state index contributed by atoms with van der Waals surface area (Å²) < 4.78 is 10.2. The smallest absolute Gasteiger partial charge is 0.408 e. The Bertz CT molecular complexity index is 953. The largest absolute Gasteiger partial charge is 0.507 e. The molecule has 1 aromatic rings. The average molecular weight is 506 g/mol. The SMILES string of the molecule is CCOC(=O)CCNC(=O)C(c1cccc(C)c1O)N(C(=O)C(C)NC(=O)OC(C)(C)C)C1CCC1. The van der Waals surface area contributed by atoms with Crippen LogP contribution in [-0.4, -0.2) is 64.7 Å². The standard InChI is InChI=1S/C26H39N3O7/c1-7-35-20(30)14-15-27-23(32)21(19-13-8-10-16(2)22(19)31)29(18-11-9-12-18)24(33)17(3)28-25(34)36-26(4,5)6/h8,10,13,17-18,21,31H,7,9,11-12,14-15H2,1-6H3,(H,27,32)(H,28,34). The molecule has 0 heterocycles. The number of aryl methyl sites for hydroxylation is 1. The fourth-order valence-electron chi connectivity index (χ4n) is 3.89. The Labute approximate surface area is 212 Å². The predicted octanol–water partition coefficient (Wildman–Crippen LogP) is 3.11. The van der Waals surface area contributed by atoms with Gasteiger partial charge in [0.1, 0.15) is 23.4 Å². The molecule has 0 aromatic heterocycles. The highest BCUT2D eigenvalue weighted by molar-refractivity contribution is 5.92. The van der Waals surface area contributed by atoms with E-state index in [-0.39, 0.29) is 36.9 Å². The Hall–Kier alpha value is -3.30. The number of amides is 3. The summed E-state index contributed by atoms with van der Waals surface area (Å²) in [6, 6.07) is 2.62. The first-order valence-electron chi connectivity index (χ1n) is 12.4. The third-order valence-corrected chi connectivity index (χ3v) is 5.85. The lowest BCUT2D eigenvalue weighted by Crippen LogP contribution is -2.56. The van der Waals surface area contributed by atoms with Gasteiger partial charge < -0.3 is 30.1 Å². The number of aromatic hydroxyl groups is 1. The van der Waals surface area contributed by atoms with E-state index in [4.69, 9.17) is 9.47 Å². The van der Waals surface area contributed by atoms with E-state index in [9.17, 15) is 24.3 Å². The lowest BCUT2D eigenvalue weighted by Gasteiger charge is -2.43. The number of para-hydroxylation sites is 1. The molecule has 1 saturated carbocycles. The highest BCUT2D eigenvalue weighted by atomic mass is 16.6. The maximum Gasteiger partial charge on any atom is 0.408 e. The van der Waals surface area contributed by atoms with Gasteiger partial charge in [0, 0.05) is 18.2 Å². The number of carbonyl (C=O) groups excluding carboxylic acids is 4. The second-order valence-electron chi connectivity index (χ2n) is 9.96. The quantitative estimate of drug-likeness (QED) is 0.416. The predicted molar refractivity (Wildman–Crippen MR) is 133 cm³/mol. The van der Waals surface area contributed by atoms with Gasteiger partial charge in [-0.05, 0) is 66.4 Å². The molecule has 36 heavy (non-hydrogen) atoms. The summed E-state index contributed by atoms with van der Waals surface area (Å²) in [6.07, 6.45) is 1.49. The molecule has 3 N–H and O–H groups in total. The number of benzene rings is 1. The number of ether oxygens (including phenoxy) is 2. The number of phenols is 1. The molecule has 0 radical (unpaired) electrons. The molecule has 1 aromatic carbocycles. The zero-order chi connectivity index (χ0) is 27.0. The van der Waals surface area contributed by atoms with Crippen LogP contribution in [0.25, 0.3) is 0 Å². The van der Waals surface area contributed by atoms with Crippen LogP contribution in [0.3, 0.4) is 0 Å². The van der Waals surface area contributed by atoms with Crippen molar-refractivity contribution in [2.75, 3.05) is 13.2 Å². The Morgan fingerprint density at radius 3 is 2.42 bits per heavy atom. The zero-order valence-corrected chi connectivity index (χ0v) is 22.1. The lowest BCUT2D eigenvalue weighted by atomic mass is 9.87. The minimum atomic E-state index is -1.16. The van der Waals surface area contributed by atoms with E-state index >= 15 is 0 Å². The van der Waals surface area contributed by atoms with Crippen LogP contribution in [0.2, 0.25) is 0 Å². The number of phenolic OH excluding ortho intramolecular Hbond substituents is 1. The molecular formula is C26H39N3O7. The number of esters is 1.